The van der Waals surface area contributed by atoms with Gasteiger partial charge in [-0.25, -0.2) is 0 Å². The first-order valence-electron chi connectivity index (χ1n) is 4.98. The quantitative estimate of drug-likeness (QED) is 0.486. The Balaban J connectivity index is 2.23. The Labute approximate surface area is 94.0 Å². The van der Waals surface area contributed by atoms with Crippen LogP contribution in [-0.4, -0.2) is 29.4 Å². The minimum absolute atomic E-state index is 0.630. The molecule has 1 aliphatic heterocycles. The topological polar surface area (TPSA) is 35.8 Å². The largest absolute Gasteiger partial charge is 0.411 e. The SMILES string of the molecule is O/N=C/c1c(Cl)cccc1CN1CCC1. The number of hydrogen-bond donors (Lipinski definition) is 1. The van der Waals surface area contributed by atoms with Gasteiger partial charge in [0, 0.05) is 17.1 Å². The summed E-state index contributed by atoms with van der Waals surface area (Å²) in [5.41, 5.74) is 1.92. The molecule has 2 rings (SSSR count). The van der Waals surface area contributed by atoms with Crippen molar-refractivity contribution in [3.8, 4) is 0 Å². The van der Waals surface area contributed by atoms with Crippen LogP contribution >= 0.6 is 11.6 Å². The molecule has 1 aliphatic rings. The fraction of sp³-hybridized carbons (Fsp3) is 0.364. The third-order valence-corrected chi connectivity index (χ3v) is 3.00. The average molecular weight is 225 g/mol. The molecule has 1 N–H and O–H groups in total. The van der Waals surface area contributed by atoms with Gasteiger partial charge in [0.25, 0.3) is 0 Å². The minimum atomic E-state index is 0.630. The fourth-order valence-electron chi connectivity index (χ4n) is 1.70. The van der Waals surface area contributed by atoms with Crippen molar-refractivity contribution < 1.29 is 5.21 Å². The Morgan fingerprint density at radius 1 is 1.47 bits per heavy atom. The van der Waals surface area contributed by atoms with Gasteiger partial charge < -0.3 is 5.21 Å². The van der Waals surface area contributed by atoms with Gasteiger partial charge in [-0.3, -0.25) is 4.90 Å². The van der Waals surface area contributed by atoms with Crippen molar-refractivity contribution in [2.24, 2.45) is 5.16 Å². The van der Waals surface area contributed by atoms with Crippen LogP contribution in [0.15, 0.2) is 23.4 Å². The van der Waals surface area contributed by atoms with Gasteiger partial charge in [-0.2, -0.15) is 0 Å². The lowest BCUT2D eigenvalue weighted by Gasteiger charge is -2.31. The van der Waals surface area contributed by atoms with E-state index in [9.17, 15) is 0 Å². The second-order valence-electron chi connectivity index (χ2n) is 3.69. The summed E-state index contributed by atoms with van der Waals surface area (Å²) in [4.78, 5) is 2.33. The second kappa shape index (κ2) is 4.64. The van der Waals surface area contributed by atoms with E-state index in [-0.39, 0.29) is 0 Å². The van der Waals surface area contributed by atoms with Crippen molar-refractivity contribution in [3.63, 3.8) is 0 Å². The molecule has 0 spiro atoms. The zero-order valence-electron chi connectivity index (χ0n) is 8.36. The summed E-state index contributed by atoms with van der Waals surface area (Å²) in [6.45, 7) is 3.16. The Morgan fingerprint density at radius 3 is 2.87 bits per heavy atom. The molecule has 15 heavy (non-hydrogen) atoms. The highest BCUT2D eigenvalue weighted by atomic mass is 35.5. The van der Waals surface area contributed by atoms with Crippen LogP contribution in [0.3, 0.4) is 0 Å². The van der Waals surface area contributed by atoms with Gasteiger partial charge in [-0.15, -0.1) is 0 Å². The third-order valence-electron chi connectivity index (χ3n) is 2.67. The van der Waals surface area contributed by atoms with Crippen molar-refractivity contribution in [2.45, 2.75) is 13.0 Å². The van der Waals surface area contributed by atoms with Crippen molar-refractivity contribution in [2.75, 3.05) is 13.1 Å². The van der Waals surface area contributed by atoms with E-state index < -0.39 is 0 Å². The summed E-state index contributed by atoms with van der Waals surface area (Å²) in [6.07, 6.45) is 2.67. The summed E-state index contributed by atoms with van der Waals surface area (Å²) in [5.74, 6) is 0. The van der Waals surface area contributed by atoms with Crippen LogP contribution in [0.1, 0.15) is 17.5 Å². The first-order chi connectivity index (χ1) is 7.31. The van der Waals surface area contributed by atoms with Gasteiger partial charge in [-0.1, -0.05) is 28.9 Å². The van der Waals surface area contributed by atoms with E-state index in [0.717, 1.165) is 30.8 Å². The number of oxime groups is 1. The molecule has 80 valence electrons. The van der Waals surface area contributed by atoms with Crippen molar-refractivity contribution >= 4 is 17.8 Å². The van der Waals surface area contributed by atoms with Gasteiger partial charge in [-0.05, 0) is 31.1 Å². The molecule has 3 nitrogen and oxygen atoms in total. The zero-order chi connectivity index (χ0) is 10.7. The van der Waals surface area contributed by atoms with Crippen LogP contribution in [0.2, 0.25) is 5.02 Å². The Bertz CT molecular complexity index is 375. The van der Waals surface area contributed by atoms with Gasteiger partial charge in [0.2, 0.25) is 0 Å². The number of likely N-dealkylation sites (tertiary alicyclic amines) is 1. The monoisotopic (exact) mass is 224 g/mol. The van der Waals surface area contributed by atoms with E-state index in [1.54, 1.807) is 6.07 Å². The summed E-state index contributed by atoms with van der Waals surface area (Å²) in [6, 6.07) is 5.74. The van der Waals surface area contributed by atoms with Gasteiger partial charge in [0.1, 0.15) is 0 Å². The molecule has 0 aromatic heterocycles. The number of nitrogens with zero attached hydrogens (tertiary/aromatic N) is 2. The van der Waals surface area contributed by atoms with Gasteiger partial charge in [0.15, 0.2) is 0 Å². The summed E-state index contributed by atoms with van der Waals surface area (Å²) >= 11 is 6.03. The number of halogens is 1. The molecule has 0 unspecified atom stereocenters. The van der Waals surface area contributed by atoms with Crippen LogP contribution in [-0.2, 0) is 6.54 Å². The van der Waals surface area contributed by atoms with E-state index in [1.165, 1.54) is 12.6 Å². The highest BCUT2D eigenvalue weighted by Crippen LogP contribution is 2.21. The van der Waals surface area contributed by atoms with E-state index in [2.05, 4.69) is 10.1 Å². The van der Waals surface area contributed by atoms with Crippen molar-refractivity contribution in [3.05, 3.63) is 34.3 Å². The predicted molar refractivity (Wildman–Crippen MR) is 60.7 cm³/mol. The average Bonchev–Trinajstić information content (AvgIpc) is 2.16. The van der Waals surface area contributed by atoms with Gasteiger partial charge >= 0.3 is 0 Å². The lowest BCUT2D eigenvalue weighted by Crippen LogP contribution is -2.36. The van der Waals surface area contributed by atoms with E-state index in [0.29, 0.717) is 5.02 Å². The van der Waals surface area contributed by atoms with Crippen LogP contribution in [0.25, 0.3) is 0 Å². The maximum Gasteiger partial charge on any atom is 0.0752 e. The van der Waals surface area contributed by atoms with Crippen LogP contribution < -0.4 is 0 Å². The van der Waals surface area contributed by atoms with Crippen LogP contribution in [0, 0.1) is 0 Å². The summed E-state index contributed by atoms with van der Waals surface area (Å²) in [7, 11) is 0. The predicted octanol–water partition coefficient (Wildman–Crippen LogP) is 2.35. The molecule has 1 heterocycles. The Hall–Kier alpha value is -1.06. The van der Waals surface area contributed by atoms with Gasteiger partial charge in [0.05, 0.1) is 6.21 Å². The summed E-state index contributed by atoms with van der Waals surface area (Å²) in [5, 5.41) is 12.3. The first-order valence-corrected chi connectivity index (χ1v) is 5.36. The normalized spacial score (nSPS) is 16.9. The van der Waals surface area contributed by atoms with Crippen LogP contribution in [0.4, 0.5) is 0 Å². The lowest BCUT2D eigenvalue weighted by atomic mass is 10.1. The van der Waals surface area contributed by atoms with Crippen molar-refractivity contribution in [1.82, 2.24) is 4.90 Å². The number of rotatable bonds is 3. The molecule has 0 atom stereocenters. The number of benzene rings is 1. The molecule has 0 saturated carbocycles. The molecule has 0 amide bonds. The molecule has 0 radical (unpaired) electrons. The van der Waals surface area contributed by atoms with Crippen molar-refractivity contribution in [1.29, 1.82) is 0 Å². The fourth-order valence-corrected chi connectivity index (χ4v) is 1.95. The molecule has 1 saturated heterocycles. The summed E-state index contributed by atoms with van der Waals surface area (Å²) < 4.78 is 0. The highest BCUT2D eigenvalue weighted by Gasteiger charge is 2.15. The second-order valence-corrected chi connectivity index (χ2v) is 4.09. The maximum absolute atomic E-state index is 8.57. The number of hydrogen-bond acceptors (Lipinski definition) is 3. The molecule has 0 aliphatic carbocycles. The molecule has 1 aromatic rings. The molecule has 1 fully saturated rings. The van der Waals surface area contributed by atoms with E-state index in [1.807, 2.05) is 12.1 Å². The molecular formula is C11H13ClN2O. The Kier molecular flexibility index (Phi) is 3.23. The first kappa shape index (κ1) is 10.5. The molecule has 1 aromatic carbocycles. The maximum atomic E-state index is 8.57. The third kappa shape index (κ3) is 2.30. The Morgan fingerprint density at radius 2 is 2.27 bits per heavy atom. The van der Waals surface area contributed by atoms with Crippen LogP contribution in [0.5, 0.6) is 0 Å². The minimum Gasteiger partial charge on any atom is -0.411 e. The molecular weight excluding hydrogens is 212 g/mol. The molecule has 0 bridgehead atoms. The smallest absolute Gasteiger partial charge is 0.0752 e. The lowest BCUT2D eigenvalue weighted by molar-refractivity contribution is 0.172. The molecule has 4 heteroatoms. The zero-order valence-corrected chi connectivity index (χ0v) is 9.11. The standard InChI is InChI=1S/C11H13ClN2O/c12-11-4-1-3-9(10(11)7-13-15)8-14-5-2-6-14/h1,3-4,7,15H,2,5-6,8H2/b13-7+. The van der Waals surface area contributed by atoms with E-state index >= 15 is 0 Å². The highest BCUT2D eigenvalue weighted by molar-refractivity contribution is 6.33. The van der Waals surface area contributed by atoms with E-state index in [4.69, 9.17) is 16.8 Å².